The fraction of sp³-hybridized carbons (Fsp3) is 0.158. The number of para-hydroxylation sites is 1. The third-order valence-corrected chi connectivity index (χ3v) is 4.16. The lowest BCUT2D eigenvalue weighted by Crippen LogP contribution is -2.36. The molecule has 30 heavy (non-hydrogen) atoms. The molecule has 3 rings (SSSR count). The Hall–Kier alpha value is -3.73. The van der Waals surface area contributed by atoms with Gasteiger partial charge in [0.1, 0.15) is 5.82 Å². The number of benzene rings is 2. The summed E-state index contributed by atoms with van der Waals surface area (Å²) in [5, 5.41) is 13.0. The van der Waals surface area contributed by atoms with Crippen LogP contribution in [0.25, 0.3) is 16.6 Å². The summed E-state index contributed by atoms with van der Waals surface area (Å²) in [5.74, 6) is 0.0476. The van der Waals surface area contributed by atoms with Crippen molar-refractivity contribution in [2.24, 2.45) is 22.2 Å². The molecule has 9 N–H and O–H groups in total. The molecule has 0 saturated heterocycles. The summed E-state index contributed by atoms with van der Waals surface area (Å²) in [4.78, 5) is 4.18. The van der Waals surface area contributed by atoms with Crippen molar-refractivity contribution in [1.82, 2.24) is 20.8 Å². The Labute approximate surface area is 170 Å². The molecule has 0 unspecified atom stereocenters. The predicted molar refractivity (Wildman–Crippen MR) is 110 cm³/mol. The number of aromatic nitrogens is 2. The maximum absolute atomic E-state index is 13.5. The lowest BCUT2D eigenvalue weighted by molar-refractivity contribution is -0.137. The molecule has 8 nitrogen and oxygen atoms in total. The molecule has 0 aliphatic heterocycles. The molecule has 1 heterocycles. The Morgan fingerprint density at radius 3 is 2.50 bits per heavy atom. The predicted octanol–water partition coefficient (Wildman–Crippen LogP) is 1.95. The zero-order valence-corrected chi connectivity index (χ0v) is 15.8. The maximum atomic E-state index is 13.5. The van der Waals surface area contributed by atoms with E-state index >= 15 is 0 Å². The van der Waals surface area contributed by atoms with Crippen LogP contribution in [0, 0.1) is 0 Å². The minimum absolute atomic E-state index is 0.0535. The van der Waals surface area contributed by atoms with Crippen LogP contribution in [0.3, 0.4) is 0 Å². The quantitative estimate of drug-likeness (QED) is 0.267. The van der Waals surface area contributed by atoms with Crippen LogP contribution < -0.4 is 27.8 Å². The van der Waals surface area contributed by atoms with Crippen LogP contribution >= 0.6 is 0 Å². The highest BCUT2D eigenvalue weighted by Gasteiger charge is 2.34. The van der Waals surface area contributed by atoms with Crippen LogP contribution in [0.1, 0.15) is 11.1 Å². The molecular weight excluding hydrogens is 397 g/mol. The number of fused-ring (bicyclic) bond motifs is 1. The lowest BCUT2D eigenvalue weighted by Gasteiger charge is -2.19. The van der Waals surface area contributed by atoms with Crippen molar-refractivity contribution >= 4 is 28.4 Å². The monoisotopic (exact) mass is 418 g/mol. The lowest BCUT2D eigenvalue weighted by atomic mass is 10.0. The molecule has 11 heteroatoms. The van der Waals surface area contributed by atoms with Crippen molar-refractivity contribution in [3.63, 3.8) is 0 Å². The zero-order chi connectivity index (χ0) is 21.7. The molecule has 158 valence electrons. The highest BCUT2D eigenvalue weighted by Crippen LogP contribution is 2.34. The van der Waals surface area contributed by atoms with Gasteiger partial charge in [-0.2, -0.15) is 23.3 Å². The third-order valence-electron chi connectivity index (χ3n) is 4.16. The van der Waals surface area contributed by atoms with Crippen molar-refractivity contribution in [2.75, 3.05) is 13.1 Å². The molecule has 0 saturated carbocycles. The van der Waals surface area contributed by atoms with Crippen LogP contribution in [0.15, 0.2) is 59.3 Å². The van der Waals surface area contributed by atoms with E-state index in [-0.39, 0.29) is 41.9 Å². The largest absolute Gasteiger partial charge is 0.417 e. The molecule has 0 aliphatic rings. The van der Waals surface area contributed by atoms with E-state index in [1.165, 1.54) is 18.2 Å². The molecule has 0 radical (unpaired) electrons. The summed E-state index contributed by atoms with van der Waals surface area (Å²) in [7, 11) is 0. The van der Waals surface area contributed by atoms with Crippen LogP contribution in [0.5, 0.6) is 0 Å². The number of halogens is 3. The second-order valence-electron chi connectivity index (χ2n) is 6.26. The average molecular weight is 418 g/mol. The number of guanidine groups is 1. The van der Waals surface area contributed by atoms with Gasteiger partial charge in [-0.3, -0.25) is 5.10 Å². The smallest absolute Gasteiger partial charge is 0.384 e. The Bertz CT molecular complexity index is 1080. The molecule has 0 fully saturated rings. The third kappa shape index (κ3) is 4.63. The van der Waals surface area contributed by atoms with Crippen LogP contribution in [-0.2, 0) is 6.18 Å². The number of hydrogen-bond acceptors (Lipinski definition) is 5. The Kier molecular flexibility index (Phi) is 6.11. The first-order valence-corrected chi connectivity index (χ1v) is 8.96. The number of rotatable bonds is 6. The molecule has 0 bridgehead atoms. The van der Waals surface area contributed by atoms with E-state index in [0.29, 0.717) is 5.39 Å². The number of H-pyrrole nitrogens is 1. The van der Waals surface area contributed by atoms with Gasteiger partial charge >= 0.3 is 6.18 Å². The van der Waals surface area contributed by atoms with Crippen molar-refractivity contribution in [3.05, 3.63) is 65.5 Å². The first kappa shape index (κ1) is 21.0. The van der Waals surface area contributed by atoms with Crippen LogP contribution in [0.4, 0.5) is 19.0 Å². The van der Waals surface area contributed by atoms with Gasteiger partial charge in [0, 0.05) is 24.0 Å². The van der Waals surface area contributed by atoms with Gasteiger partial charge in [0.2, 0.25) is 0 Å². The van der Waals surface area contributed by atoms with Gasteiger partial charge in [-0.05, 0) is 18.2 Å². The first-order chi connectivity index (χ1) is 14.3. The molecular formula is C19H21F3N8. The van der Waals surface area contributed by atoms with Gasteiger partial charge in [-0.1, -0.05) is 30.3 Å². The van der Waals surface area contributed by atoms with E-state index in [0.717, 1.165) is 11.6 Å². The minimum Gasteiger partial charge on any atom is -0.384 e. The Morgan fingerprint density at radius 1 is 1.07 bits per heavy atom. The molecule has 3 aromatic rings. The van der Waals surface area contributed by atoms with E-state index in [9.17, 15) is 13.2 Å². The molecule has 0 spiro atoms. The second kappa shape index (κ2) is 8.74. The highest BCUT2D eigenvalue weighted by atomic mass is 19.4. The van der Waals surface area contributed by atoms with E-state index in [4.69, 9.17) is 17.2 Å². The number of nitrogens with one attached hydrogen (secondary N) is 3. The summed E-state index contributed by atoms with van der Waals surface area (Å²) in [5.41, 5.74) is 17.1. The van der Waals surface area contributed by atoms with Crippen LogP contribution in [0.2, 0.25) is 0 Å². The number of nitrogens with zero attached hydrogens (tertiary/aromatic N) is 2. The first-order valence-electron chi connectivity index (χ1n) is 8.96. The zero-order valence-electron chi connectivity index (χ0n) is 15.8. The fourth-order valence-corrected chi connectivity index (χ4v) is 2.83. The second-order valence-corrected chi connectivity index (χ2v) is 6.26. The highest BCUT2D eigenvalue weighted by molar-refractivity contribution is 5.95. The number of nitrogens with two attached hydrogens (primary N) is 3. The van der Waals surface area contributed by atoms with Gasteiger partial charge in [0.25, 0.3) is 0 Å². The summed E-state index contributed by atoms with van der Waals surface area (Å²) in [6, 6.07) is 12.2. The van der Waals surface area contributed by atoms with Crippen molar-refractivity contribution < 1.29 is 13.2 Å². The van der Waals surface area contributed by atoms with Gasteiger partial charge in [0.15, 0.2) is 11.8 Å². The van der Waals surface area contributed by atoms with Gasteiger partial charge < -0.3 is 27.8 Å². The summed E-state index contributed by atoms with van der Waals surface area (Å²) >= 11 is 0. The molecule has 1 aromatic heterocycles. The van der Waals surface area contributed by atoms with Gasteiger partial charge in [-0.15, -0.1) is 0 Å². The standard InChI is InChI=1S/C19H21F3N8/c20-19(21,22)13-7-3-1-5-11(13)15(16(24)26-10-9-23)27-18(25)28-17-12-6-2-4-8-14(12)29-30-17/h1-8,26H,9-10,23-24H2,(H4,25,27,28,29,30)/b16-15+. The fourth-order valence-electron chi connectivity index (χ4n) is 2.83. The molecule has 0 atom stereocenters. The Balaban J connectivity index is 2.02. The number of alkyl halides is 3. The van der Waals surface area contributed by atoms with Crippen molar-refractivity contribution in [2.45, 2.75) is 6.18 Å². The number of aromatic amines is 1. The minimum atomic E-state index is -4.60. The molecule has 0 aliphatic carbocycles. The molecule has 0 amide bonds. The number of hydrogen-bond donors (Lipinski definition) is 6. The maximum Gasteiger partial charge on any atom is 0.417 e. The normalized spacial score (nSPS) is 13.3. The Morgan fingerprint density at radius 2 is 1.77 bits per heavy atom. The van der Waals surface area contributed by atoms with E-state index in [1.807, 2.05) is 12.1 Å². The number of aliphatic imine (C=N–C) groups is 1. The summed E-state index contributed by atoms with van der Waals surface area (Å²) in [6.07, 6.45) is -4.60. The van der Waals surface area contributed by atoms with E-state index < -0.39 is 11.7 Å². The average Bonchev–Trinajstić information content (AvgIpc) is 3.12. The molecule has 2 aromatic carbocycles. The summed E-state index contributed by atoms with van der Waals surface area (Å²) in [6.45, 7) is 0.490. The van der Waals surface area contributed by atoms with E-state index in [1.54, 1.807) is 12.1 Å². The SMILES string of the molecule is NCCN/C(N)=C(/NC(N)=Nc1n[nH]c2ccccc12)c1ccccc1C(F)(F)F. The van der Waals surface area contributed by atoms with Crippen molar-refractivity contribution in [3.8, 4) is 0 Å². The summed E-state index contributed by atoms with van der Waals surface area (Å²) < 4.78 is 40.6. The van der Waals surface area contributed by atoms with Gasteiger partial charge in [0.05, 0.1) is 16.8 Å². The topological polar surface area (TPSA) is 143 Å². The van der Waals surface area contributed by atoms with E-state index in [2.05, 4.69) is 25.8 Å². The van der Waals surface area contributed by atoms with Crippen molar-refractivity contribution in [1.29, 1.82) is 0 Å². The van der Waals surface area contributed by atoms with Crippen LogP contribution in [-0.4, -0.2) is 29.2 Å². The van der Waals surface area contributed by atoms with Gasteiger partial charge in [-0.25, -0.2) is 0 Å².